The number of carbonyl (C=O) groups is 2. The Morgan fingerprint density at radius 3 is 2.66 bits per heavy atom. The van der Waals surface area contributed by atoms with Crippen LogP contribution >= 0.6 is 11.3 Å². The summed E-state index contributed by atoms with van der Waals surface area (Å²) in [4.78, 5) is 32.9. The summed E-state index contributed by atoms with van der Waals surface area (Å²) >= 11 is 1.53. The number of carbonyl (C=O) groups excluding carboxylic acids is 2. The first-order valence-electron chi connectivity index (χ1n) is 11.6. The van der Waals surface area contributed by atoms with E-state index in [1.165, 1.54) is 24.0 Å². The maximum Gasteiger partial charge on any atom is 0.357 e. The zero-order valence-electron chi connectivity index (χ0n) is 19.0. The summed E-state index contributed by atoms with van der Waals surface area (Å²) in [5, 5.41) is 2.77. The summed E-state index contributed by atoms with van der Waals surface area (Å²) in [7, 11) is 1.38. The fourth-order valence-electron chi connectivity index (χ4n) is 4.83. The quantitative estimate of drug-likeness (QED) is 0.535. The Morgan fingerprint density at radius 2 is 1.97 bits per heavy atom. The van der Waals surface area contributed by atoms with Gasteiger partial charge in [0.15, 0.2) is 5.69 Å². The first kappa shape index (κ1) is 22.9. The standard InChI is InChI=1S/C25H33N3O3S/c1-18(29)28(23-15-21(23)20-7-4-3-5-8-20)16-19-10-13-27(14-11-19)12-6-9-24-26-22(17-32-24)25(30)31-2/h3-5,7-8,17,19,21,23H,6,9-16H2,1-2H3. The normalized spacial score (nSPS) is 21.3. The lowest BCUT2D eigenvalue weighted by Crippen LogP contribution is -2.41. The van der Waals surface area contributed by atoms with Crippen LogP contribution in [0.25, 0.3) is 0 Å². The predicted octanol–water partition coefficient (Wildman–Crippen LogP) is 3.98. The highest BCUT2D eigenvalue weighted by Crippen LogP contribution is 2.45. The summed E-state index contributed by atoms with van der Waals surface area (Å²) in [5.74, 6) is 0.945. The van der Waals surface area contributed by atoms with Crippen molar-refractivity contribution >= 4 is 23.2 Å². The molecule has 2 aliphatic rings. The van der Waals surface area contributed by atoms with Gasteiger partial charge in [-0.25, -0.2) is 9.78 Å². The van der Waals surface area contributed by atoms with E-state index in [1.54, 1.807) is 12.3 Å². The average molecular weight is 456 g/mol. The van der Waals surface area contributed by atoms with Crippen molar-refractivity contribution in [2.75, 3.05) is 33.3 Å². The summed E-state index contributed by atoms with van der Waals surface area (Å²) in [6, 6.07) is 11.0. The van der Waals surface area contributed by atoms with E-state index in [4.69, 9.17) is 4.74 Å². The van der Waals surface area contributed by atoms with Gasteiger partial charge in [0.25, 0.3) is 0 Å². The van der Waals surface area contributed by atoms with Gasteiger partial charge in [-0.15, -0.1) is 11.3 Å². The van der Waals surface area contributed by atoms with Crippen molar-refractivity contribution in [2.45, 2.75) is 51.0 Å². The number of piperidine rings is 1. The number of likely N-dealkylation sites (tertiary alicyclic amines) is 1. The van der Waals surface area contributed by atoms with E-state index in [0.717, 1.165) is 63.3 Å². The van der Waals surface area contributed by atoms with Crippen LogP contribution < -0.4 is 0 Å². The van der Waals surface area contributed by atoms with Gasteiger partial charge in [0.2, 0.25) is 5.91 Å². The van der Waals surface area contributed by atoms with E-state index < -0.39 is 0 Å². The molecule has 172 valence electrons. The first-order valence-corrected chi connectivity index (χ1v) is 12.5. The van der Waals surface area contributed by atoms with Crippen LogP contribution in [0.5, 0.6) is 0 Å². The van der Waals surface area contributed by atoms with E-state index in [0.29, 0.717) is 23.6 Å². The van der Waals surface area contributed by atoms with E-state index in [9.17, 15) is 9.59 Å². The van der Waals surface area contributed by atoms with Crippen molar-refractivity contribution in [1.29, 1.82) is 0 Å². The van der Waals surface area contributed by atoms with Gasteiger partial charge in [-0.05, 0) is 56.8 Å². The Hall–Kier alpha value is -2.25. The fourth-order valence-corrected chi connectivity index (χ4v) is 5.64. The molecule has 7 heteroatoms. The molecule has 4 rings (SSSR count). The molecule has 0 bridgehead atoms. The van der Waals surface area contributed by atoms with Gasteiger partial charge in [0.1, 0.15) is 0 Å². The van der Waals surface area contributed by atoms with Crippen LogP contribution in [0.3, 0.4) is 0 Å². The summed E-state index contributed by atoms with van der Waals surface area (Å²) in [5.41, 5.74) is 1.77. The molecule has 2 fully saturated rings. The highest BCUT2D eigenvalue weighted by molar-refractivity contribution is 7.09. The van der Waals surface area contributed by atoms with Crippen molar-refractivity contribution < 1.29 is 14.3 Å². The number of ether oxygens (including phenoxy) is 1. The molecule has 1 aromatic carbocycles. The molecule has 1 aromatic heterocycles. The largest absolute Gasteiger partial charge is 0.464 e. The Kier molecular flexibility index (Phi) is 7.58. The molecule has 0 N–H and O–H groups in total. The second-order valence-corrected chi connectivity index (χ2v) is 9.94. The fraction of sp³-hybridized carbons (Fsp3) is 0.560. The van der Waals surface area contributed by atoms with E-state index in [2.05, 4.69) is 39.0 Å². The number of amides is 1. The van der Waals surface area contributed by atoms with Crippen molar-refractivity contribution in [3.05, 3.63) is 52.0 Å². The molecular weight excluding hydrogens is 422 g/mol. The van der Waals surface area contributed by atoms with Gasteiger partial charge in [-0.3, -0.25) is 4.79 Å². The third kappa shape index (κ3) is 5.75. The molecule has 1 saturated heterocycles. The number of thiazole rings is 1. The number of nitrogens with zero attached hydrogens (tertiary/aromatic N) is 3. The molecule has 2 aromatic rings. The predicted molar refractivity (Wildman–Crippen MR) is 126 cm³/mol. The molecule has 1 saturated carbocycles. The summed E-state index contributed by atoms with van der Waals surface area (Å²) in [6.07, 6.45) is 5.32. The molecule has 1 amide bonds. The zero-order chi connectivity index (χ0) is 22.5. The van der Waals surface area contributed by atoms with Gasteiger partial charge in [-0.2, -0.15) is 0 Å². The number of rotatable bonds is 9. The van der Waals surface area contributed by atoms with Crippen LogP contribution in [0.15, 0.2) is 35.7 Å². The summed E-state index contributed by atoms with van der Waals surface area (Å²) in [6.45, 7) is 5.85. The van der Waals surface area contributed by atoms with Gasteiger partial charge in [0, 0.05) is 37.2 Å². The minimum Gasteiger partial charge on any atom is -0.464 e. The second-order valence-electron chi connectivity index (χ2n) is 9.00. The molecule has 1 aliphatic carbocycles. The van der Waals surface area contributed by atoms with E-state index in [-0.39, 0.29) is 11.9 Å². The Labute approximate surface area is 194 Å². The Balaban J connectivity index is 1.18. The topological polar surface area (TPSA) is 62.7 Å². The third-order valence-electron chi connectivity index (χ3n) is 6.76. The van der Waals surface area contributed by atoms with Crippen LogP contribution in [0.1, 0.15) is 59.6 Å². The lowest BCUT2D eigenvalue weighted by Gasteiger charge is -2.35. The van der Waals surface area contributed by atoms with Crippen LogP contribution in [0.4, 0.5) is 0 Å². The number of esters is 1. The highest BCUT2D eigenvalue weighted by atomic mass is 32.1. The third-order valence-corrected chi connectivity index (χ3v) is 7.67. The molecular formula is C25H33N3O3S. The molecule has 2 atom stereocenters. The number of aromatic nitrogens is 1. The van der Waals surface area contributed by atoms with Crippen LogP contribution in [0.2, 0.25) is 0 Å². The SMILES string of the molecule is COC(=O)c1csc(CCCN2CCC(CN(C(C)=O)C3CC3c3ccccc3)CC2)n1. The number of benzene rings is 1. The highest BCUT2D eigenvalue weighted by Gasteiger charge is 2.44. The second kappa shape index (κ2) is 10.6. The monoisotopic (exact) mass is 455 g/mol. The van der Waals surface area contributed by atoms with Gasteiger partial charge in [0.05, 0.1) is 12.1 Å². The van der Waals surface area contributed by atoms with Crippen LogP contribution in [-0.2, 0) is 16.0 Å². The minimum absolute atomic E-state index is 0.214. The Bertz CT molecular complexity index is 908. The molecule has 2 unspecified atom stereocenters. The lowest BCUT2D eigenvalue weighted by molar-refractivity contribution is -0.130. The molecule has 2 heterocycles. The first-order chi connectivity index (χ1) is 15.5. The van der Waals surface area contributed by atoms with Crippen LogP contribution in [-0.4, -0.2) is 66.0 Å². The van der Waals surface area contributed by atoms with Crippen molar-refractivity contribution in [2.24, 2.45) is 5.92 Å². The summed E-state index contributed by atoms with van der Waals surface area (Å²) < 4.78 is 4.72. The molecule has 0 radical (unpaired) electrons. The van der Waals surface area contributed by atoms with Gasteiger partial charge in [-0.1, -0.05) is 30.3 Å². The van der Waals surface area contributed by atoms with E-state index in [1.807, 2.05) is 6.07 Å². The van der Waals surface area contributed by atoms with Gasteiger partial charge < -0.3 is 14.5 Å². The number of aryl methyl sites for hydroxylation is 1. The smallest absolute Gasteiger partial charge is 0.357 e. The maximum absolute atomic E-state index is 12.4. The van der Waals surface area contributed by atoms with E-state index >= 15 is 0 Å². The number of hydrogen-bond acceptors (Lipinski definition) is 6. The lowest BCUT2D eigenvalue weighted by atomic mass is 9.95. The Morgan fingerprint density at radius 1 is 1.22 bits per heavy atom. The zero-order valence-corrected chi connectivity index (χ0v) is 19.9. The molecule has 1 aliphatic heterocycles. The minimum atomic E-state index is -0.365. The molecule has 6 nitrogen and oxygen atoms in total. The van der Waals surface area contributed by atoms with Crippen molar-refractivity contribution in [1.82, 2.24) is 14.8 Å². The number of methoxy groups -OCH3 is 1. The van der Waals surface area contributed by atoms with Gasteiger partial charge >= 0.3 is 5.97 Å². The molecule has 0 spiro atoms. The molecule has 32 heavy (non-hydrogen) atoms. The van der Waals surface area contributed by atoms with Crippen molar-refractivity contribution in [3.8, 4) is 0 Å². The average Bonchev–Trinajstić information content (AvgIpc) is 3.47. The van der Waals surface area contributed by atoms with Crippen molar-refractivity contribution in [3.63, 3.8) is 0 Å². The number of hydrogen-bond donors (Lipinski definition) is 0. The maximum atomic E-state index is 12.4. The van der Waals surface area contributed by atoms with Crippen LogP contribution in [0, 0.1) is 5.92 Å².